The minimum Gasteiger partial charge on any atom is -0.391 e. The second-order valence-electron chi connectivity index (χ2n) is 4.20. The molecule has 1 saturated carbocycles. The van der Waals surface area contributed by atoms with Crippen molar-refractivity contribution in [1.29, 1.82) is 0 Å². The maximum Gasteiger partial charge on any atom is 0.0741 e. The minimum atomic E-state index is -0.250. The van der Waals surface area contributed by atoms with E-state index in [1.54, 1.807) is 0 Å². The number of rotatable bonds is 2. The summed E-state index contributed by atoms with van der Waals surface area (Å²) >= 11 is 9.47. The van der Waals surface area contributed by atoms with E-state index in [0.717, 1.165) is 29.4 Å². The molecule has 0 heterocycles. The zero-order valence-electron chi connectivity index (χ0n) is 8.92. The Kier molecular flexibility index (Phi) is 4.11. The zero-order valence-corrected chi connectivity index (χ0v) is 11.3. The molecule has 0 unspecified atom stereocenters. The minimum absolute atomic E-state index is 0.142. The average molecular weight is 305 g/mol. The molecular formula is C12H15BrClNO. The Hall–Kier alpha value is -0.250. The highest BCUT2D eigenvalue weighted by atomic mass is 79.9. The molecule has 0 amide bonds. The Morgan fingerprint density at radius 1 is 1.31 bits per heavy atom. The van der Waals surface area contributed by atoms with Crippen molar-refractivity contribution >= 4 is 33.2 Å². The maximum absolute atomic E-state index is 9.88. The summed E-state index contributed by atoms with van der Waals surface area (Å²) in [7, 11) is 0. The summed E-state index contributed by atoms with van der Waals surface area (Å²) in [4.78, 5) is 0. The standard InChI is InChI=1S/C12H15BrClNO/c13-12-8(14)4-3-6-10(12)15-9-5-1-2-7-11(9)16/h3-4,6,9,11,15-16H,1-2,5,7H2/t9-,11-/m0/s1. The van der Waals surface area contributed by atoms with Gasteiger partial charge in [-0.05, 0) is 40.9 Å². The van der Waals surface area contributed by atoms with Crippen LogP contribution in [0.1, 0.15) is 25.7 Å². The lowest BCUT2D eigenvalue weighted by molar-refractivity contribution is 0.116. The fourth-order valence-electron chi connectivity index (χ4n) is 2.09. The molecule has 88 valence electrons. The molecule has 1 aromatic rings. The van der Waals surface area contributed by atoms with Crippen LogP contribution in [0.15, 0.2) is 22.7 Å². The van der Waals surface area contributed by atoms with Gasteiger partial charge in [0, 0.05) is 0 Å². The van der Waals surface area contributed by atoms with E-state index in [0.29, 0.717) is 5.02 Å². The van der Waals surface area contributed by atoms with Gasteiger partial charge in [0.2, 0.25) is 0 Å². The first kappa shape index (κ1) is 12.2. The van der Waals surface area contributed by atoms with Gasteiger partial charge in [-0.15, -0.1) is 0 Å². The highest BCUT2D eigenvalue weighted by Gasteiger charge is 2.23. The third kappa shape index (κ3) is 2.70. The number of benzene rings is 1. The number of nitrogens with one attached hydrogen (secondary N) is 1. The Labute approximate surface area is 109 Å². The van der Waals surface area contributed by atoms with E-state index in [-0.39, 0.29) is 12.1 Å². The molecule has 0 radical (unpaired) electrons. The molecule has 1 aliphatic carbocycles. The quantitative estimate of drug-likeness (QED) is 0.870. The summed E-state index contributed by atoms with van der Waals surface area (Å²) in [5.74, 6) is 0. The lowest BCUT2D eigenvalue weighted by atomic mass is 9.92. The van der Waals surface area contributed by atoms with E-state index in [2.05, 4.69) is 21.2 Å². The van der Waals surface area contributed by atoms with Crippen molar-refractivity contribution in [3.63, 3.8) is 0 Å². The second-order valence-corrected chi connectivity index (χ2v) is 5.40. The lowest BCUT2D eigenvalue weighted by Crippen LogP contribution is -2.36. The van der Waals surface area contributed by atoms with Crippen molar-refractivity contribution in [2.24, 2.45) is 0 Å². The average Bonchev–Trinajstić information content (AvgIpc) is 2.28. The summed E-state index contributed by atoms with van der Waals surface area (Å²) in [6, 6.07) is 5.86. The number of aliphatic hydroxyl groups is 1. The molecule has 1 aliphatic rings. The molecule has 2 rings (SSSR count). The Bertz CT molecular complexity index is 372. The Morgan fingerprint density at radius 3 is 2.81 bits per heavy atom. The van der Waals surface area contributed by atoms with Crippen LogP contribution in [-0.4, -0.2) is 17.3 Å². The molecule has 2 N–H and O–H groups in total. The summed E-state index contributed by atoms with van der Waals surface area (Å²) < 4.78 is 0.870. The van der Waals surface area contributed by atoms with Gasteiger partial charge >= 0.3 is 0 Å². The normalized spacial score (nSPS) is 25.4. The SMILES string of the molecule is O[C@H]1CCCC[C@@H]1Nc1cccc(Cl)c1Br. The molecule has 4 heteroatoms. The van der Waals surface area contributed by atoms with Crippen LogP contribution in [0, 0.1) is 0 Å². The molecule has 0 saturated heterocycles. The first-order valence-electron chi connectivity index (χ1n) is 5.57. The van der Waals surface area contributed by atoms with E-state index < -0.39 is 0 Å². The van der Waals surface area contributed by atoms with Gasteiger partial charge < -0.3 is 10.4 Å². The van der Waals surface area contributed by atoms with Crippen LogP contribution in [0.5, 0.6) is 0 Å². The molecule has 16 heavy (non-hydrogen) atoms. The van der Waals surface area contributed by atoms with E-state index in [4.69, 9.17) is 11.6 Å². The predicted octanol–water partition coefficient (Wildman–Crippen LogP) is 3.82. The van der Waals surface area contributed by atoms with Crippen LogP contribution in [0.2, 0.25) is 5.02 Å². The fourth-order valence-corrected chi connectivity index (χ4v) is 2.65. The van der Waals surface area contributed by atoms with Crippen LogP contribution in [-0.2, 0) is 0 Å². The van der Waals surface area contributed by atoms with Crippen LogP contribution in [0.25, 0.3) is 0 Å². The highest BCUT2D eigenvalue weighted by Crippen LogP contribution is 2.32. The summed E-state index contributed by atoms with van der Waals surface area (Å²) in [6.07, 6.45) is 3.94. The molecule has 0 spiro atoms. The van der Waals surface area contributed by atoms with Gasteiger partial charge in [-0.25, -0.2) is 0 Å². The Balaban J connectivity index is 2.10. The first-order valence-corrected chi connectivity index (χ1v) is 6.74. The summed E-state index contributed by atoms with van der Waals surface area (Å²) in [5, 5.41) is 13.9. The van der Waals surface area contributed by atoms with Crippen LogP contribution in [0.3, 0.4) is 0 Å². The number of aliphatic hydroxyl groups excluding tert-OH is 1. The van der Waals surface area contributed by atoms with Crippen LogP contribution in [0.4, 0.5) is 5.69 Å². The molecule has 1 fully saturated rings. The molecule has 0 aromatic heterocycles. The number of hydrogen-bond acceptors (Lipinski definition) is 2. The maximum atomic E-state index is 9.88. The van der Waals surface area contributed by atoms with Crippen molar-refractivity contribution in [3.8, 4) is 0 Å². The van der Waals surface area contributed by atoms with Crippen molar-refractivity contribution in [1.82, 2.24) is 0 Å². The van der Waals surface area contributed by atoms with Gasteiger partial charge in [0.05, 0.1) is 27.3 Å². The molecule has 2 atom stereocenters. The number of hydrogen-bond donors (Lipinski definition) is 2. The van der Waals surface area contributed by atoms with Crippen molar-refractivity contribution in [2.75, 3.05) is 5.32 Å². The first-order chi connectivity index (χ1) is 7.68. The largest absolute Gasteiger partial charge is 0.391 e. The third-order valence-electron chi connectivity index (χ3n) is 3.02. The van der Waals surface area contributed by atoms with Crippen LogP contribution < -0.4 is 5.32 Å². The van der Waals surface area contributed by atoms with E-state index in [1.165, 1.54) is 6.42 Å². The smallest absolute Gasteiger partial charge is 0.0741 e. The molecule has 1 aromatic carbocycles. The third-order valence-corrected chi connectivity index (χ3v) is 4.42. The van der Waals surface area contributed by atoms with E-state index >= 15 is 0 Å². The molecule has 0 bridgehead atoms. The lowest BCUT2D eigenvalue weighted by Gasteiger charge is -2.29. The molecule has 2 nitrogen and oxygen atoms in total. The topological polar surface area (TPSA) is 32.3 Å². The van der Waals surface area contributed by atoms with Gasteiger partial charge in [-0.1, -0.05) is 30.5 Å². The van der Waals surface area contributed by atoms with Crippen molar-refractivity contribution in [3.05, 3.63) is 27.7 Å². The van der Waals surface area contributed by atoms with Gasteiger partial charge in [0.1, 0.15) is 0 Å². The fraction of sp³-hybridized carbons (Fsp3) is 0.500. The number of anilines is 1. The highest BCUT2D eigenvalue weighted by molar-refractivity contribution is 9.10. The summed E-state index contributed by atoms with van der Waals surface area (Å²) in [6.45, 7) is 0. The van der Waals surface area contributed by atoms with Crippen molar-refractivity contribution in [2.45, 2.75) is 37.8 Å². The van der Waals surface area contributed by atoms with Gasteiger partial charge in [0.25, 0.3) is 0 Å². The van der Waals surface area contributed by atoms with Gasteiger partial charge in [0.15, 0.2) is 0 Å². The number of halogens is 2. The van der Waals surface area contributed by atoms with Gasteiger partial charge in [-0.3, -0.25) is 0 Å². The molecular weight excluding hydrogens is 289 g/mol. The molecule has 0 aliphatic heterocycles. The van der Waals surface area contributed by atoms with E-state index in [1.807, 2.05) is 18.2 Å². The van der Waals surface area contributed by atoms with Crippen molar-refractivity contribution < 1.29 is 5.11 Å². The van der Waals surface area contributed by atoms with Crippen LogP contribution >= 0.6 is 27.5 Å². The predicted molar refractivity (Wildman–Crippen MR) is 71.0 cm³/mol. The summed E-state index contributed by atoms with van der Waals surface area (Å²) in [5.41, 5.74) is 0.957. The second kappa shape index (κ2) is 5.39. The monoisotopic (exact) mass is 303 g/mol. The van der Waals surface area contributed by atoms with E-state index in [9.17, 15) is 5.11 Å². The zero-order chi connectivity index (χ0) is 11.5. The van der Waals surface area contributed by atoms with Gasteiger partial charge in [-0.2, -0.15) is 0 Å². The Morgan fingerprint density at radius 2 is 2.06 bits per heavy atom.